The fraction of sp³-hybridized carbons (Fsp3) is 0.716. The van der Waals surface area contributed by atoms with Crippen LogP contribution in [0.2, 0.25) is 0 Å². The summed E-state index contributed by atoms with van der Waals surface area (Å²) in [5, 5.41) is 14.0. The largest absolute Gasteiger partial charge is 0.756 e. The van der Waals surface area contributed by atoms with E-state index in [1.807, 2.05) is 27.2 Å². The molecule has 0 aliphatic rings. The third-order valence-electron chi connectivity index (χ3n) is 14.9. The van der Waals surface area contributed by atoms with E-state index in [0.717, 1.165) is 109 Å². The maximum atomic E-state index is 13.0. The Kier molecular flexibility index (Phi) is 61.0. The Hall–Kier alpha value is -3.10. The van der Waals surface area contributed by atoms with Crippen LogP contribution in [0.1, 0.15) is 290 Å². The lowest BCUT2D eigenvalue weighted by Gasteiger charge is -2.29. The molecule has 3 atom stereocenters. The van der Waals surface area contributed by atoms with Gasteiger partial charge >= 0.3 is 0 Å². The summed E-state index contributed by atoms with van der Waals surface area (Å²) < 4.78 is 23.4. The molecule has 9 heteroatoms. The van der Waals surface area contributed by atoms with E-state index in [9.17, 15) is 19.4 Å². The number of likely N-dealkylation sites (N-methyl/N-ethyl adjacent to an activating group) is 1. The van der Waals surface area contributed by atoms with Gasteiger partial charge in [-0.25, -0.2) is 0 Å². The fourth-order valence-corrected chi connectivity index (χ4v) is 10.3. The van der Waals surface area contributed by atoms with Crippen LogP contribution in [0.3, 0.4) is 0 Å². The van der Waals surface area contributed by atoms with E-state index in [2.05, 4.69) is 129 Å². The molecule has 83 heavy (non-hydrogen) atoms. The molecule has 0 fully saturated rings. The summed E-state index contributed by atoms with van der Waals surface area (Å²) in [7, 11) is 1.24. The van der Waals surface area contributed by atoms with Crippen molar-refractivity contribution in [2.24, 2.45) is 0 Å². The molecule has 0 aromatic rings. The minimum absolute atomic E-state index is 0.00893. The molecule has 0 aromatic heterocycles. The van der Waals surface area contributed by atoms with Gasteiger partial charge in [0.15, 0.2) is 0 Å². The summed E-state index contributed by atoms with van der Waals surface area (Å²) >= 11 is 0. The van der Waals surface area contributed by atoms with Gasteiger partial charge in [0.25, 0.3) is 7.82 Å². The monoisotopic (exact) mass is 1170 g/mol. The van der Waals surface area contributed by atoms with Crippen LogP contribution < -0.4 is 10.2 Å². The number of phosphoric ester groups is 1. The van der Waals surface area contributed by atoms with E-state index < -0.39 is 26.6 Å². The lowest BCUT2D eigenvalue weighted by molar-refractivity contribution is -0.870. The van der Waals surface area contributed by atoms with Crippen LogP contribution in [0, 0.1) is 0 Å². The summed E-state index contributed by atoms with van der Waals surface area (Å²) in [5.41, 5.74) is 0. The summed E-state index contributed by atoms with van der Waals surface area (Å²) in [6.07, 6.45) is 94.4. The number of rotatable bonds is 62. The third kappa shape index (κ3) is 66.3. The zero-order valence-electron chi connectivity index (χ0n) is 54.6. The molecule has 478 valence electrons. The second-order valence-electron chi connectivity index (χ2n) is 24.2. The normalized spacial score (nSPS) is 14.4. The summed E-state index contributed by atoms with van der Waals surface area (Å²) in [4.78, 5) is 25.6. The third-order valence-corrected chi connectivity index (χ3v) is 15.9. The van der Waals surface area contributed by atoms with Crippen molar-refractivity contribution in [1.29, 1.82) is 0 Å². The topological polar surface area (TPSA) is 108 Å². The van der Waals surface area contributed by atoms with E-state index in [4.69, 9.17) is 9.05 Å². The molecule has 0 bridgehead atoms. The van der Waals surface area contributed by atoms with Gasteiger partial charge in [-0.05, 0) is 89.9 Å². The van der Waals surface area contributed by atoms with Crippen molar-refractivity contribution < 1.29 is 32.9 Å². The SMILES string of the molecule is CC/C=C\C/C=C\C/C=C\C/C=C\C/C=C\C/C=C\C/C=C\C/C=C\C/C=C\CCCCCCCCCC(=O)NC(COP(=O)([O-])OCC[N+](C)(C)C)C(O)/C=C/CCCCCCCCCCCCCCCCCCCCCCCCCC. The summed E-state index contributed by atoms with van der Waals surface area (Å²) in [5.74, 6) is -0.210. The van der Waals surface area contributed by atoms with Crippen LogP contribution in [0.15, 0.2) is 122 Å². The number of amides is 1. The van der Waals surface area contributed by atoms with E-state index in [1.165, 1.54) is 161 Å². The van der Waals surface area contributed by atoms with Crippen LogP contribution in [0.25, 0.3) is 0 Å². The van der Waals surface area contributed by atoms with Crippen LogP contribution in [-0.4, -0.2) is 68.5 Å². The van der Waals surface area contributed by atoms with Gasteiger partial charge in [0.2, 0.25) is 5.91 Å². The highest BCUT2D eigenvalue weighted by Crippen LogP contribution is 2.38. The molecule has 0 rings (SSSR count). The number of hydrogen-bond donors (Lipinski definition) is 2. The minimum Gasteiger partial charge on any atom is -0.756 e. The average Bonchev–Trinajstić information content (AvgIpc) is 3.49. The number of allylic oxidation sites excluding steroid dienone is 19. The fourth-order valence-electron chi connectivity index (χ4n) is 9.62. The Morgan fingerprint density at radius 2 is 0.735 bits per heavy atom. The molecule has 2 N–H and O–H groups in total. The van der Waals surface area contributed by atoms with E-state index in [1.54, 1.807) is 6.08 Å². The predicted octanol–water partition coefficient (Wildman–Crippen LogP) is 21.4. The number of nitrogens with zero attached hydrogens (tertiary/aromatic N) is 1. The van der Waals surface area contributed by atoms with Gasteiger partial charge in [0.1, 0.15) is 13.2 Å². The molecule has 0 radical (unpaired) electrons. The Morgan fingerprint density at radius 1 is 0.434 bits per heavy atom. The van der Waals surface area contributed by atoms with Gasteiger partial charge in [0, 0.05) is 6.42 Å². The molecule has 0 aliphatic carbocycles. The molecule has 0 spiro atoms. The number of hydrogen-bond acceptors (Lipinski definition) is 6. The maximum Gasteiger partial charge on any atom is 0.268 e. The first-order valence-corrected chi connectivity index (χ1v) is 35.9. The molecule has 0 aromatic carbocycles. The highest BCUT2D eigenvalue weighted by atomic mass is 31.2. The molecule has 8 nitrogen and oxygen atoms in total. The second-order valence-corrected chi connectivity index (χ2v) is 25.6. The lowest BCUT2D eigenvalue weighted by Crippen LogP contribution is -2.45. The lowest BCUT2D eigenvalue weighted by atomic mass is 10.0. The standard InChI is InChI=1S/C74H131N2O6P/c1-6-8-10-12-14-16-18-20-22-24-26-28-30-32-34-35-36-37-38-39-40-41-42-44-46-48-50-52-54-56-58-60-62-64-66-68-74(78)75-72(71-82-83(79,80)81-70-69-76(3,4)5)73(77)67-65-63-61-59-57-55-53-51-49-47-45-43-33-31-29-27-25-23-21-19-17-15-13-11-9-7-2/h8,10,14,16,20,22,26,28,32,34,36-37,39-40,42,44,48,50,65,67,72-73,77H,6-7,9,11-13,15,17-19,21,23-25,27,29-31,33,35,38,41,43,45-47,49,51-64,66,68-71H2,1-5H3,(H-,75,78,79,80)/b10-8-,16-14-,22-20-,28-26-,34-32-,37-36-,40-39-,44-42-,50-48-,67-65+. The highest BCUT2D eigenvalue weighted by molar-refractivity contribution is 7.45. The van der Waals surface area contributed by atoms with Crippen molar-refractivity contribution in [2.75, 3.05) is 40.9 Å². The molecule has 0 aliphatic heterocycles. The van der Waals surface area contributed by atoms with E-state index in [0.29, 0.717) is 17.4 Å². The quantitative estimate of drug-likeness (QED) is 0.0272. The van der Waals surface area contributed by atoms with Gasteiger partial charge in [-0.1, -0.05) is 315 Å². The number of aliphatic hydroxyl groups is 1. The van der Waals surface area contributed by atoms with Crippen LogP contribution >= 0.6 is 7.82 Å². The van der Waals surface area contributed by atoms with Crippen LogP contribution in [-0.2, 0) is 18.4 Å². The summed E-state index contributed by atoms with van der Waals surface area (Å²) in [6.45, 7) is 4.54. The molecule has 1 amide bonds. The molecule has 0 saturated carbocycles. The van der Waals surface area contributed by atoms with Gasteiger partial charge < -0.3 is 28.8 Å². The maximum absolute atomic E-state index is 13.0. The highest BCUT2D eigenvalue weighted by Gasteiger charge is 2.23. The number of phosphoric acid groups is 1. The Balaban J connectivity index is 4.18. The average molecular weight is 1180 g/mol. The number of carbonyl (C=O) groups excluding carboxylic acids is 1. The minimum atomic E-state index is -4.62. The predicted molar refractivity (Wildman–Crippen MR) is 362 cm³/mol. The van der Waals surface area contributed by atoms with E-state index >= 15 is 0 Å². The summed E-state index contributed by atoms with van der Waals surface area (Å²) in [6, 6.07) is -0.903. The Labute approximate surface area is 514 Å². The number of nitrogens with one attached hydrogen (secondary N) is 1. The molecular formula is C74H131N2O6P. The van der Waals surface area contributed by atoms with Gasteiger partial charge in [0.05, 0.1) is 39.9 Å². The van der Waals surface area contributed by atoms with Crippen molar-refractivity contribution in [1.82, 2.24) is 5.32 Å². The number of carbonyl (C=O) groups is 1. The van der Waals surface area contributed by atoms with Gasteiger partial charge in [-0.3, -0.25) is 9.36 Å². The zero-order chi connectivity index (χ0) is 60.5. The van der Waals surface area contributed by atoms with Crippen molar-refractivity contribution >= 4 is 13.7 Å². The number of aliphatic hydroxyl groups excluding tert-OH is 1. The van der Waals surface area contributed by atoms with E-state index in [-0.39, 0.29) is 12.5 Å². The van der Waals surface area contributed by atoms with Crippen molar-refractivity contribution in [2.45, 2.75) is 302 Å². The number of unbranched alkanes of at least 4 members (excludes halogenated alkanes) is 31. The second kappa shape index (κ2) is 63.4. The van der Waals surface area contributed by atoms with Crippen molar-refractivity contribution in [3.8, 4) is 0 Å². The number of quaternary nitrogens is 1. The van der Waals surface area contributed by atoms with Crippen LogP contribution in [0.5, 0.6) is 0 Å². The zero-order valence-corrected chi connectivity index (χ0v) is 55.5. The van der Waals surface area contributed by atoms with Crippen molar-refractivity contribution in [3.05, 3.63) is 122 Å². The van der Waals surface area contributed by atoms with Crippen LogP contribution in [0.4, 0.5) is 0 Å². The first-order chi connectivity index (χ1) is 40.5. The van der Waals surface area contributed by atoms with Crippen molar-refractivity contribution in [3.63, 3.8) is 0 Å². The Bertz CT molecular complexity index is 1770. The Morgan fingerprint density at radius 3 is 1.07 bits per heavy atom. The van der Waals surface area contributed by atoms with Gasteiger partial charge in [-0.15, -0.1) is 0 Å². The molecule has 0 saturated heterocycles. The smallest absolute Gasteiger partial charge is 0.268 e. The molecule has 3 unspecified atom stereocenters. The molecule has 0 heterocycles. The first-order valence-electron chi connectivity index (χ1n) is 34.4. The first kappa shape index (κ1) is 79.9. The molecular weight excluding hydrogens is 1040 g/mol. The van der Waals surface area contributed by atoms with Gasteiger partial charge in [-0.2, -0.15) is 0 Å².